The summed E-state index contributed by atoms with van der Waals surface area (Å²) in [7, 11) is 1.59. The number of piperazine rings is 1. The number of hydrogen-bond acceptors (Lipinski definition) is 4. The van der Waals surface area contributed by atoms with Crippen molar-refractivity contribution < 1.29 is 18.0 Å². The maximum absolute atomic E-state index is 12.7. The number of pyridine rings is 2. The molecule has 1 amide bonds. The molecule has 0 unspecified atom stereocenters. The smallest absolute Gasteiger partial charge is 0.352 e. The zero-order chi connectivity index (χ0) is 19.8. The molecule has 1 fully saturated rings. The third kappa shape index (κ3) is 4.08. The zero-order valence-corrected chi connectivity index (χ0v) is 15.1. The highest BCUT2D eigenvalue weighted by atomic mass is 35.5. The van der Waals surface area contributed by atoms with Crippen LogP contribution in [0.4, 0.5) is 19.0 Å². The Balaban J connectivity index is 1.69. The van der Waals surface area contributed by atoms with Gasteiger partial charge in [-0.15, -0.1) is 0 Å². The van der Waals surface area contributed by atoms with Gasteiger partial charge in [0.1, 0.15) is 5.82 Å². The van der Waals surface area contributed by atoms with Crippen LogP contribution in [0.25, 0.3) is 0 Å². The lowest BCUT2D eigenvalue weighted by atomic mass is 10.2. The summed E-state index contributed by atoms with van der Waals surface area (Å²) in [4.78, 5) is 31.4. The topological polar surface area (TPSA) is 58.4 Å². The first kappa shape index (κ1) is 19.2. The van der Waals surface area contributed by atoms with Gasteiger partial charge in [0.15, 0.2) is 0 Å². The van der Waals surface area contributed by atoms with Crippen molar-refractivity contribution in [2.45, 2.75) is 6.18 Å². The molecule has 27 heavy (non-hydrogen) atoms. The van der Waals surface area contributed by atoms with Crippen LogP contribution in [0.2, 0.25) is 5.02 Å². The van der Waals surface area contributed by atoms with E-state index in [1.807, 2.05) is 0 Å². The molecule has 144 valence electrons. The van der Waals surface area contributed by atoms with Crippen molar-refractivity contribution in [3.63, 3.8) is 0 Å². The van der Waals surface area contributed by atoms with Gasteiger partial charge in [0.2, 0.25) is 0 Å². The predicted octanol–water partition coefficient (Wildman–Crippen LogP) is 2.41. The van der Waals surface area contributed by atoms with Crippen LogP contribution in [-0.2, 0) is 13.2 Å². The fraction of sp³-hybridized carbons (Fsp3) is 0.353. The molecule has 0 N–H and O–H groups in total. The molecule has 1 aliphatic rings. The van der Waals surface area contributed by atoms with Gasteiger partial charge < -0.3 is 14.4 Å². The first-order valence-corrected chi connectivity index (χ1v) is 8.48. The van der Waals surface area contributed by atoms with Crippen LogP contribution in [0.1, 0.15) is 15.9 Å². The van der Waals surface area contributed by atoms with Crippen molar-refractivity contribution in [1.82, 2.24) is 14.5 Å². The normalized spacial score (nSPS) is 15.1. The molecule has 3 heterocycles. The van der Waals surface area contributed by atoms with E-state index in [1.54, 1.807) is 22.9 Å². The number of carbonyl (C=O) groups is 1. The van der Waals surface area contributed by atoms with Gasteiger partial charge in [-0.05, 0) is 12.1 Å². The van der Waals surface area contributed by atoms with Gasteiger partial charge >= 0.3 is 6.18 Å². The Hall–Kier alpha value is -2.55. The summed E-state index contributed by atoms with van der Waals surface area (Å²) in [5.41, 5.74) is -0.881. The Labute approximate surface area is 157 Å². The molecular weight excluding hydrogens is 385 g/mol. The number of rotatable bonds is 2. The third-order valence-electron chi connectivity index (χ3n) is 4.37. The molecule has 1 saturated heterocycles. The second kappa shape index (κ2) is 7.22. The second-order valence-electron chi connectivity index (χ2n) is 6.17. The van der Waals surface area contributed by atoms with E-state index in [4.69, 9.17) is 11.6 Å². The highest BCUT2D eigenvalue weighted by molar-refractivity contribution is 6.33. The summed E-state index contributed by atoms with van der Waals surface area (Å²) in [6.45, 7) is 1.42. The number of aryl methyl sites for hydroxylation is 1. The van der Waals surface area contributed by atoms with Crippen LogP contribution in [0.5, 0.6) is 0 Å². The minimum absolute atomic E-state index is 0.0869. The van der Waals surface area contributed by atoms with Crippen LogP contribution >= 0.6 is 11.6 Å². The Bertz CT molecular complexity index is 921. The molecule has 0 saturated carbocycles. The van der Waals surface area contributed by atoms with Crippen LogP contribution in [0, 0.1) is 0 Å². The van der Waals surface area contributed by atoms with E-state index in [9.17, 15) is 22.8 Å². The van der Waals surface area contributed by atoms with Gasteiger partial charge in [-0.3, -0.25) is 9.59 Å². The number of carbonyl (C=O) groups excluding carboxylic acids is 1. The Morgan fingerprint density at radius 3 is 2.41 bits per heavy atom. The van der Waals surface area contributed by atoms with E-state index in [-0.39, 0.29) is 22.3 Å². The van der Waals surface area contributed by atoms with E-state index in [1.165, 1.54) is 16.8 Å². The van der Waals surface area contributed by atoms with E-state index < -0.39 is 11.7 Å². The van der Waals surface area contributed by atoms with Gasteiger partial charge in [0, 0.05) is 57.3 Å². The van der Waals surface area contributed by atoms with Crippen molar-refractivity contribution in [2.24, 2.45) is 7.05 Å². The lowest BCUT2D eigenvalue weighted by molar-refractivity contribution is -0.137. The van der Waals surface area contributed by atoms with Crippen LogP contribution in [0.15, 0.2) is 35.4 Å². The van der Waals surface area contributed by atoms with E-state index >= 15 is 0 Å². The second-order valence-corrected chi connectivity index (χ2v) is 6.58. The standard InChI is InChI=1S/C17H16ClF3N4O2/c1-23-3-2-11(8-14(23)26)16(27)25-6-4-24(5-7-25)15-13(18)9-12(10-22-15)17(19,20)21/h2-3,8-10H,4-7H2,1H3. The SMILES string of the molecule is Cn1ccc(C(=O)N2CCN(c3ncc(C(F)(F)F)cc3Cl)CC2)cc1=O. The van der Waals surface area contributed by atoms with Crippen molar-refractivity contribution in [3.8, 4) is 0 Å². The van der Waals surface area contributed by atoms with Gasteiger partial charge in [0.25, 0.3) is 11.5 Å². The van der Waals surface area contributed by atoms with Crippen molar-refractivity contribution in [1.29, 1.82) is 0 Å². The Morgan fingerprint density at radius 1 is 1.19 bits per heavy atom. The summed E-state index contributed by atoms with van der Waals surface area (Å²) in [6.07, 6.45) is -2.23. The predicted molar refractivity (Wildman–Crippen MR) is 94.0 cm³/mol. The molecule has 10 heteroatoms. The van der Waals surface area contributed by atoms with Gasteiger partial charge in [-0.1, -0.05) is 11.6 Å². The van der Waals surface area contributed by atoms with E-state index in [0.29, 0.717) is 31.7 Å². The molecule has 2 aromatic rings. The Kier molecular flexibility index (Phi) is 5.14. The highest BCUT2D eigenvalue weighted by Gasteiger charge is 2.32. The summed E-state index contributed by atoms with van der Waals surface area (Å²) < 4.78 is 39.5. The largest absolute Gasteiger partial charge is 0.417 e. The molecule has 0 radical (unpaired) electrons. The lowest BCUT2D eigenvalue weighted by Gasteiger charge is -2.35. The van der Waals surface area contributed by atoms with Gasteiger partial charge in [-0.2, -0.15) is 13.2 Å². The van der Waals surface area contributed by atoms with Crippen molar-refractivity contribution in [2.75, 3.05) is 31.1 Å². The number of halogens is 4. The number of hydrogen-bond donors (Lipinski definition) is 0. The maximum Gasteiger partial charge on any atom is 0.417 e. The average Bonchev–Trinajstić information content (AvgIpc) is 2.63. The number of alkyl halides is 3. The average molecular weight is 401 g/mol. The van der Waals surface area contributed by atoms with E-state index in [2.05, 4.69) is 4.98 Å². The summed E-state index contributed by atoms with van der Waals surface area (Å²) in [6, 6.07) is 3.70. The van der Waals surface area contributed by atoms with Gasteiger partial charge in [0.05, 0.1) is 10.6 Å². The summed E-state index contributed by atoms with van der Waals surface area (Å²) >= 11 is 5.97. The maximum atomic E-state index is 12.7. The van der Waals surface area contributed by atoms with Crippen LogP contribution in [-0.4, -0.2) is 46.5 Å². The monoisotopic (exact) mass is 400 g/mol. The lowest BCUT2D eigenvalue weighted by Crippen LogP contribution is -2.49. The number of aromatic nitrogens is 2. The molecule has 2 aromatic heterocycles. The number of amides is 1. The van der Waals surface area contributed by atoms with E-state index in [0.717, 1.165) is 12.3 Å². The fourth-order valence-electron chi connectivity index (χ4n) is 2.80. The highest BCUT2D eigenvalue weighted by Crippen LogP contribution is 2.33. The minimum atomic E-state index is -4.51. The molecule has 6 nitrogen and oxygen atoms in total. The number of nitrogens with zero attached hydrogens (tertiary/aromatic N) is 4. The molecule has 1 aliphatic heterocycles. The molecule has 0 spiro atoms. The quantitative estimate of drug-likeness (QED) is 0.777. The van der Waals surface area contributed by atoms with Gasteiger partial charge in [-0.25, -0.2) is 4.98 Å². The molecule has 0 bridgehead atoms. The first-order valence-electron chi connectivity index (χ1n) is 8.10. The molecule has 0 aromatic carbocycles. The number of anilines is 1. The first-order chi connectivity index (χ1) is 12.7. The Morgan fingerprint density at radius 2 is 1.85 bits per heavy atom. The molecular formula is C17H16ClF3N4O2. The van der Waals surface area contributed by atoms with Crippen molar-refractivity contribution in [3.05, 3.63) is 57.1 Å². The molecule has 0 aliphatic carbocycles. The molecule has 0 atom stereocenters. The fourth-order valence-corrected chi connectivity index (χ4v) is 3.09. The van der Waals surface area contributed by atoms with Crippen LogP contribution < -0.4 is 10.5 Å². The van der Waals surface area contributed by atoms with Crippen LogP contribution in [0.3, 0.4) is 0 Å². The van der Waals surface area contributed by atoms with Crippen molar-refractivity contribution >= 4 is 23.3 Å². The minimum Gasteiger partial charge on any atom is -0.352 e. The summed E-state index contributed by atoms with van der Waals surface area (Å²) in [5.74, 6) is -0.0100. The third-order valence-corrected chi connectivity index (χ3v) is 4.64. The zero-order valence-electron chi connectivity index (χ0n) is 14.3. The summed E-state index contributed by atoms with van der Waals surface area (Å²) in [5, 5.41) is -0.0869. The molecule has 3 rings (SSSR count).